The first-order valence-corrected chi connectivity index (χ1v) is 10.6. The van der Waals surface area contributed by atoms with Crippen LogP contribution < -0.4 is 0 Å². The first kappa shape index (κ1) is 18.9. The minimum Gasteiger partial charge on any atom is -0.481 e. The van der Waals surface area contributed by atoms with Crippen LogP contribution in [0.25, 0.3) is 0 Å². The van der Waals surface area contributed by atoms with Crippen LogP contribution in [0.4, 0.5) is 0 Å². The number of carboxylic acids is 2. The Balaban J connectivity index is 1.65. The van der Waals surface area contributed by atoms with E-state index in [4.69, 9.17) is 0 Å². The minimum atomic E-state index is -1.18. The van der Waals surface area contributed by atoms with E-state index in [1.807, 2.05) is 12.2 Å². The van der Waals surface area contributed by atoms with Gasteiger partial charge in [-0.1, -0.05) is 12.2 Å². The third-order valence-electron chi connectivity index (χ3n) is 7.95. The summed E-state index contributed by atoms with van der Waals surface area (Å²) in [6.07, 6.45) is 10.2. The molecule has 2 bridgehead atoms. The molecule has 4 atom stereocenters. The van der Waals surface area contributed by atoms with Crippen molar-refractivity contribution in [2.24, 2.45) is 22.7 Å². The van der Waals surface area contributed by atoms with Crippen LogP contribution in [-0.4, -0.2) is 71.2 Å². The Morgan fingerprint density at radius 1 is 0.778 bits per heavy atom. The fourth-order valence-electron chi connectivity index (χ4n) is 6.50. The number of likely N-dealkylation sites (tertiary alicyclic amines) is 2. The van der Waals surface area contributed by atoms with Gasteiger partial charge >= 0.3 is 11.9 Å². The zero-order valence-corrected chi connectivity index (χ0v) is 16.1. The molecule has 0 aromatic rings. The number of hydrogen-bond donors (Lipinski definition) is 2. The predicted molar refractivity (Wildman–Crippen MR) is 101 cm³/mol. The third-order valence-corrected chi connectivity index (χ3v) is 7.95. The molecule has 2 aliphatic heterocycles. The Kier molecular flexibility index (Phi) is 5.06. The highest BCUT2D eigenvalue weighted by molar-refractivity contribution is 5.89. The van der Waals surface area contributed by atoms with E-state index in [1.54, 1.807) is 0 Å². The molecular formula is C21H32N2O4. The number of carbonyl (C=O) groups is 2. The van der Waals surface area contributed by atoms with Crippen LogP contribution in [-0.2, 0) is 9.59 Å². The lowest BCUT2D eigenvalue weighted by Crippen LogP contribution is -2.57. The lowest BCUT2D eigenvalue weighted by atomic mass is 9.54. The number of aliphatic carboxylic acids is 2. The van der Waals surface area contributed by atoms with Gasteiger partial charge < -0.3 is 20.0 Å². The second-order valence-corrected chi connectivity index (χ2v) is 8.98. The molecule has 2 saturated heterocycles. The SMILES string of the molecule is O=C(O)C1(CCN2CCCC2)C2C=CC(C2)C1(CCN1CCCC1)C(=O)O. The maximum atomic E-state index is 12.7. The van der Waals surface area contributed by atoms with Gasteiger partial charge in [0.15, 0.2) is 0 Å². The number of hydrogen-bond acceptors (Lipinski definition) is 4. The Morgan fingerprint density at radius 3 is 1.48 bits per heavy atom. The molecule has 1 saturated carbocycles. The largest absolute Gasteiger partial charge is 0.481 e. The summed E-state index contributed by atoms with van der Waals surface area (Å²) in [5.74, 6) is -2.11. The van der Waals surface area contributed by atoms with Gasteiger partial charge in [0, 0.05) is 0 Å². The van der Waals surface area contributed by atoms with Crippen molar-refractivity contribution in [1.82, 2.24) is 9.80 Å². The zero-order valence-electron chi connectivity index (χ0n) is 16.1. The number of rotatable bonds is 8. The van der Waals surface area contributed by atoms with Crippen molar-refractivity contribution in [3.8, 4) is 0 Å². The fourth-order valence-corrected chi connectivity index (χ4v) is 6.50. The van der Waals surface area contributed by atoms with Crippen molar-refractivity contribution < 1.29 is 19.8 Å². The summed E-state index contributed by atoms with van der Waals surface area (Å²) in [7, 11) is 0. The van der Waals surface area contributed by atoms with E-state index in [1.165, 1.54) is 0 Å². The standard InChI is InChI=1S/C21H32N2O4/c24-18(25)20(7-13-22-9-1-2-10-22)16-5-6-17(15-16)21(20,19(26)27)8-14-23-11-3-4-12-23/h5-6,16-17H,1-4,7-15H2,(H,24,25)(H,26,27). The van der Waals surface area contributed by atoms with Gasteiger partial charge in [0.25, 0.3) is 0 Å². The van der Waals surface area contributed by atoms with Crippen LogP contribution in [0.15, 0.2) is 12.2 Å². The van der Waals surface area contributed by atoms with Gasteiger partial charge in [-0.3, -0.25) is 9.59 Å². The maximum absolute atomic E-state index is 12.7. The average Bonchev–Trinajstić information content (AvgIpc) is 3.43. The Hall–Kier alpha value is -1.40. The van der Waals surface area contributed by atoms with Crippen molar-refractivity contribution in [2.75, 3.05) is 39.3 Å². The van der Waals surface area contributed by atoms with Gasteiger partial charge in [0.05, 0.1) is 10.8 Å². The van der Waals surface area contributed by atoms with Gasteiger partial charge in [-0.2, -0.15) is 0 Å². The summed E-state index contributed by atoms with van der Waals surface area (Å²) in [5.41, 5.74) is -2.36. The number of fused-ring (bicyclic) bond motifs is 2. The maximum Gasteiger partial charge on any atom is 0.311 e. The van der Waals surface area contributed by atoms with E-state index in [2.05, 4.69) is 9.80 Å². The first-order valence-electron chi connectivity index (χ1n) is 10.6. The number of allylic oxidation sites excluding steroid dienone is 2. The number of carboxylic acid groups (broad SMARTS) is 2. The van der Waals surface area contributed by atoms with Gasteiger partial charge in [-0.25, -0.2) is 0 Å². The second-order valence-electron chi connectivity index (χ2n) is 8.98. The molecule has 0 amide bonds. The molecule has 6 nitrogen and oxygen atoms in total. The van der Waals surface area contributed by atoms with Crippen molar-refractivity contribution in [2.45, 2.75) is 44.9 Å². The van der Waals surface area contributed by atoms with E-state index in [0.717, 1.165) is 51.9 Å². The molecule has 0 aromatic carbocycles. The van der Waals surface area contributed by atoms with Crippen molar-refractivity contribution in [3.05, 3.63) is 12.2 Å². The van der Waals surface area contributed by atoms with Crippen LogP contribution in [0.2, 0.25) is 0 Å². The second kappa shape index (κ2) is 7.21. The fraction of sp³-hybridized carbons (Fsp3) is 0.810. The molecule has 0 spiro atoms. The van der Waals surface area contributed by atoms with Crippen LogP contribution in [0, 0.1) is 22.7 Å². The molecule has 2 aliphatic carbocycles. The third kappa shape index (κ3) is 2.83. The zero-order chi connectivity index (χ0) is 19.1. The van der Waals surface area contributed by atoms with Crippen LogP contribution in [0.5, 0.6) is 0 Å². The summed E-state index contributed by atoms with van der Waals surface area (Å²) in [6.45, 7) is 5.42. The molecule has 4 unspecified atom stereocenters. The van der Waals surface area contributed by atoms with Crippen molar-refractivity contribution in [1.29, 1.82) is 0 Å². The summed E-state index contributed by atoms with van der Waals surface area (Å²) < 4.78 is 0. The van der Waals surface area contributed by atoms with Crippen molar-refractivity contribution >= 4 is 11.9 Å². The molecule has 27 heavy (non-hydrogen) atoms. The van der Waals surface area contributed by atoms with Crippen LogP contribution in [0.1, 0.15) is 44.9 Å². The topological polar surface area (TPSA) is 81.1 Å². The van der Waals surface area contributed by atoms with Gasteiger partial charge in [0.2, 0.25) is 0 Å². The Bertz CT molecular complexity index is 572. The molecule has 150 valence electrons. The minimum absolute atomic E-state index is 0.155. The van der Waals surface area contributed by atoms with E-state index < -0.39 is 22.8 Å². The first-order chi connectivity index (χ1) is 13.0. The summed E-state index contributed by atoms with van der Waals surface area (Å²) in [4.78, 5) is 30.0. The smallest absolute Gasteiger partial charge is 0.311 e. The quantitative estimate of drug-likeness (QED) is 0.633. The molecule has 4 rings (SSSR count). The molecule has 2 heterocycles. The predicted octanol–water partition coefficient (Wildman–Crippen LogP) is 2.31. The Labute approximate surface area is 161 Å². The number of nitrogens with zero attached hydrogens (tertiary/aromatic N) is 2. The van der Waals surface area contributed by atoms with E-state index in [9.17, 15) is 19.8 Å². The van der Waals surface area contributed by atoms with Gasteiger partial charge in [-0.15, -0.1) is 0 Å². The highest BCUT2D eigenvalue weighted by atomic mass is 16.4. The molecule has 4 aliphatic rings. The molecule has 6 heteroatoms. The van der Waals surface area contributed by atoms with Crippen LogP contribution >= 0.6 is 0 Å². The van der Waals surface area contributed by atoms with Gasteiger partial charge in [-0.05, 0) is 96.1 Å². The normalized spacial score (nSPS) is 38.8. The summed E-state index contributed by atoms with van der Waals surface area (Å²) in [5, 5.41) is 20.8. The summed E-state index contributed by atoms with van der Waals surface area (Å²) >= 11 is 0. The lowest BCUT2D eigenvalue weighted by molar-refractivity contribution is -0.179. The lowest BCUT2D eigenvalue weighted by Gasteiger charge is -2.47. The van der Waals surface area contributed by atoms with E-state index in [0.29, 0.717) is 32.4 Å². The van der Waals surface area contributed by atoms with E-state index >= 15 is 0 Å². The Morgan fingerprint density at radius 2 is 1.15 bits per heavy atom. The molecule has 2 N–H and O–H groups in total. The monoisotopic (exact) mass is 376 g/mol. The highest BCUT2D eigenvalue weighted by Crippen LogP contribution is 2.67. The van der Waals surface area contributed by atoms with Crippen LogP contribution in [0.3, 0.4) is 0 Å². The molecule has 0 aromatic heterocycles. The molecule has 0 radical (unpaired) electrons. The highest BCUT2D eigenvalue weighted by Gasteiger charge is 2.72. The molecule has 3 fully saturated rings. The molecular weight excluding hydrogens is 344 g/mol. The van der Waals surface area contributed by atoms with Gasteiger partial charge in [0.1, 0.15) is 0 Å². The van der Waals surface area contributed by atoms with E-state index in [-0.39, 0.29) is 11.8 Å². The van der Waals surface area contributed by atoms with Crippen molar-refractivity contribution in [3.63, 3.8) is 0 Å². The average molecular weight is 376 g/mol. The summed E-state index contributed by atoms with van der Waals surface area (Å²) in [6, 6.07) is 0.